The van der Waals surface area contributed by atoms with Crippen LogP contribution in [0.5, 0.6) is 5.75 Å². The van der Waals surface area contributed by atoms with E-state index >= 15 is 0 Å². The van der Waals surface area contributed by atoms with Gasteiger partial charge in [-0.15, -0.1) is 0 Å². The Morgan fingerprint density at radius 2 is 2.11 bits per heavy atom. The number of piperidine rings is 1. The number of ether oxygens (including phenoxy) is 1. The molecule has 1 saturated carbocycles. The molecule has 1 unspecified atom stereocenters. The van der Waals surface area contributed by atoms with Gasteiger partial charge in [-0.2, -0.15) is 0 Å². The van der Waals surface area contributed by atoms with Crippen molar-refractivity contribution in [3.8, 4) is 5.75 Å². The monoisotopic (exact) mass is 324 g/mol. The van der Waals surface area contributed by atoms with Gasteiger partial charge in [-0.1, -0.05) is 0 Å². The number of nitrogens with zero attached hydrogens (tertiary/aromatic N) is 1. The Labute approximate surface area is 123 Å². The first-order valence-electron chi connectivity index (χ1n) is 7.11. The van der Waals surface area contributed by atoms with Crippen molar-refractivity contribution in [3.63, 3.8) is 0 Å². The van der Waals surface area contributed by atoms with Gasteiger partial charge in [-0.25, -0.2) is 0 Å². The number of hydrogen-bond donors (Lipinski definition) is 1. The second kappa shape index (κ2) is 5.71. The van der Waals surface area contributed by atoms with E-state index in [1.165, 1.54) is 31.4 Å². The molecular weight excluding hydrogens is 304 g/mol. The molecule has 0 amide bonds. The molecule has 2 aliphatic rings. The Hall–Kier alpha value is -0.740. The van der Waals surface area contributed by atoms with Crippen molar-refractivity contribution in [3.05, 3.63) is 22.7 Å². The Kier molecular flexibility index (Phi) is 3.99. The molecule has 1 saturated heterocycles. The minimum Gasteiger partial charge on any atom is -0.496 e. The lowest BCUT2D eigenvalue weighted by Crippen LogP contribution is -2.46. The highest BCUT2D eigenvalue weighted by molar-refractivity contribution is 9.10. The first-order valence-corrected chi connectivity index (χ1v) is 7.90. The highest BCUT2D eigenvalue weighted by Gasteiger charge is 2.27. The molecule has 1 aliphatic carbocycles. The molecule has 1 aliphatic heterocycles. The van der Waals surface area contributed by atoms with E-state index in [2.05, 4.69) is 38.3 Å². The summed E-state index contributed by atoms with van der Waals surface area (Å²) in [5.41, 5.74) is 1.29. The Morgan fingerprint density at radius 1 is 1.26 bits per heavy atom. The van der Waals surface area contributed by atoms with Crippen molar-refractivity contribution in [1.82, 2.24) is 5.32 Å². The zero-order valence-electron chi connectivity index (χ0n) is 11.4. The largest absolute Gasteiger partial charge is 0.496 e. The molecule has 0 bridgehead atoms. The van der Waals surface area contributed by atoms with Crippen LogP contribution in [-0.2, 0) is 0 Å². The van der Waals surface area contributed by atoms with Crippen molar-refractivity contribution in [2.75, 3.05) is 25.1 Å². The molecule has 1 aromatic rings. The minimum atomic E-state index is 0.655. The van der Waals surface area contributed by atoms with Gasteiger partial charge in [0, 0.05) is 30.9 Å². The third kappa shape index (κ3) is 3.23. The second-order valence-corrected chi connectivity index (χ2v) is 6.40. The number of hydrogen-bond acceptors (Lipinski definition) is 3. The summed E-state index contributed by atoms with van der Waals surface area (Å²) in [6, 6.07) is 7.81. The van der Waals surface area contributed by atoms with Gasteiger partial charge in [-0.3, -0.25) is 0 Å². The van der Waals surface area contributed by atoms with Crippen LogP contribution in [0.3, 0.4) is 0 Å². The van der Waals surface area contributed by atoms with Crippen LogP contribution in [0.1, 0.15) is 25.7 Å². The highest BCUT2D eigenvalue weighted by Crippen LogP contribution is 2.31. The summed E-state index contributed by atoms with van der Waals surface area (Å²) in [5.74, 6) is 0.897. The maximum Gasteiger partial charge on any atom is 0.133 e. The minimum absolute atomic E-state index is 0.655. The molecule has 19 heavy (non-hydrogen) atoms. The molecule has 0 radical (unpaired) electrons. The Balaban J connectivity index is 1.68. The molecular formula is C15H21BrN2O. The fourth-order valence-corrected chi connectivity index (χ4v) is 3.31. The van der Waals surface area contributed by atoms with E-state index in [9.17, 15) is 0 Å². The van der Waals surface area contributed by atoms with E-state index in [1.54, 1.807) is 7.11 Å². The van der Waals surface area contributed by atoms with Gasteiger partial charge >= 0.3 is 0 Å². The number of methoxy groups -OCH3 is 1. The quantitative estimate of drug-likeness (QED) is 0.920. The zero-order chi connectivity index (χ0) is 13.2. The maximum atomic E-state index is 5.29. The van der Waals surface area contributed by atoms with Crippen LogP contribution in [-0.4, -0.2) is 32.3 Å². The van der Waals surface area contributed by atoms with E-state index in [0.29, 0.717) is 6.04 Å². The van der Waals surface area contributed by atoms with E-state index in [4.69, 9.17) is 4.74 Å². The molecule has 1 heterocycles. The van der Waals surface area contributed by atoms with Crippen molar-refractivity contribution in [2.24, 2.45) is 0 Å². The summed E-state index contributed by atoms with van der Waals surface area (Å²) in [5, 5.41) is 3.75. The molecule has 0 spiro atoms. The lowest BCUT2D eigenvalue weighted by atomic mass is 10.0. The van der Waals surface area contributed by atoms with E-state index in [-0.39, 0.29) is 0 Å². The van der Waals surface area contributed by atoms with Crippen LogP contribution in [0, 0.1) is 0 Å². The van der Waals surface area contributed by atoms with Crippen molar-refractivity contribution < 1.29 is 4.74 Å². The molecule has 104 valence electrons. The number of nitrogens with one attached hydrogen (secondary N) is 1. The van der Waals surface area contributed by atoms with E-state index in [0.717, 1.165) is 29.4 Å². The van der Waals surface area contributed by atoms with E-state index in [1.807, 2.05) is 6.07 Å². The first-order chi connectivity index (χ1) is 9.26. The van der Waals surface area contributed by atoms with Crippen LogP contribution in [0.2, 0.25) is 0 Å². The third-order valence-electron chi connectivity index (χ3n) is 3.97. The smallest absolute Gasteiger partial charge is 0.133 e. The number of rotatable bonds is 4. The molecule has 1 aromatic carbocycles. The number of anilines is 1. The number of benzene rings is 1. The van der Waals surface area contributed by atoms with Gasteiger partial charge in [0.2, 0.25) is 0 Å². The average Bonchev–Trinajstić information content (AvgIpc) is 3.23. The van der Waals surface area contributed by atoms with Crippen molar-refractivity contribution in [2.45, 2.75) is 37.8 Å². The molecule has 2 fully saturated rings. The summed E-state index contributed by atoms with van der Waals surface area (Å²) < 4.78 is 6.32. The summed E-state index contributed by atoms with van der Waals surface area (Å²) in [7, 11) is 1.70. The maximum absolute atomic E-state index is 5.29. The fourth-order valence-electron chi connectivity index (χ4n) is 2.78. The predicted molar refractivity (Wildman–Crippen MR) is 82.1 cm³/mol. The lowest BCUT2D eigenvalue weighted by molar-refractivity contribution is 0.411. The molecule has 3 rings (SSSR count). The summed E-state index contributed by atoms with van der Waals surface area (Å²) in [4.78, 5) is 2.48. The Bertz CT molecular complexity index is 448. The molecule has 3 nitrogen and oxygen atoms in total. The normalized spacial score (nSPS) is 23.5. The first kappa shape index (κ1) is 13.3. The lowest BCUT2D eigenvalue weighted by Gasteiger charge is -2.35. The molecule has 1 atom stereocenters. The van der Waals surface area contributed by atoms with Gasteiger partial charge in [0.25, 0.3) is 0 Å². The van der Waals surface area contributed by atoms with E-state index < -0.39 is 0 Å². The van der Waals surface area contributed by atoms with Crippen LogP contribution in [0.15, 0.2) is 22.7 Å². The zero-order valence-corrected chi connectivity index (χ0v) is 12.9. The van der Waals surface area contributed by atoms with Gasteiger partial charge in [0.1, 0.15) is 5.75 Å². The van der Waals surface area contributed by atoms with Gasteiger partial charge < -0.3 is 15.0 Å². The molecule has 1 N–H and O–H groups in total. The average molecular weight is 325 g/mol. The molecule has 0 aromatic heterocycles. The van der Waals surface area contributed by atoms with Gasteiger partial charge in [0.05, 0.1) is 11.6 Å². The highest BCUT2D eigenvalue weighted by atomic mass is 79.9. The topological polar surface area (TPSA) is 24.5 Å². The van der Waals surface area contributed by atoms with Gasteiger partial charge in [-0.05, 0) is 59.8 Å². The summed E-state index contributed by atoms with van der Waals surface area (Å²) >= 11 is 3.57. The van der Waals surface area contributed by atoms with Crippen molar-refractivity contribution in [1.29, 1.82) is 0 Å². The Morgan fingerprint density at radius 3 is 2.79 bits per heavy atom. The SMILES string of the molecule is COc1ccc(N2CCCC(NC3CC3)C2)cc1Br. The summed E-state index contributed by atoms with van der Waals surface area (Å²) in [6.07, 6.45) is 5.31. The predicted octanol–water partition coefficient (Wildman–Crippen LogP) is 3.18. The second-order valence-electron chi connectivity index (χ2n) is 5.54. The third-order valence-corrected chi connectivity index (χ3v) is 4.59. The van der Waals surface area contributed by atoms with Crippen LogP contribution >= 0.6 is 15.9 Å². The van der Waals surface area contributed by atoms with Crippen LogP contribution < -0.4 is 15.0 Å². The van der Waals surface area contributed by atoms with Crippen LogP contribution in [0.25, 0.3) is 0 Å². The van der Waals surface area contributed by atoms with Gasteiger partial charge in [0.15, 0.2) is 0 Å². The fraction of sp³-hybridized carbons (Fsp3) is 0.600. The standard InChI is InChI=1S/C15H21BrN2O/c1-19-15-7-6-13(9-14(15)16)18-8-2-3-12(10-18)17-11-4-5-11/h6-7,9,11-12,17H,2-5,8,10H2,1H3. The number of halogens is 1. The summed E-state index contributed by atoms with van der Waals surface area (Å²) in [6.45, 7) is 2.27. The van der Waals surface area contributed by atoms with Crippen LogP contribution in [0.4, 0.5) is 5.69 Å². The van der Waals surface area contributed by atoms with Crippen molar-refractivity contribution >= 4 is 21.6 Å². The molecule has 4 heteroatoms.